The number of hydrogen-bond acceptors (Lipinski definition) is 9. The lowest BCUT2D eigenvalue weighted by molar-refractivity contribution is 0.599. The van der Waals surface area contributed by atoms with Gasteiger partial charge in [0.1, 0.15) is 0 Å². The zero-order valence-electron chi connectivity index (χ0n) is 16.4. The number of pyridine rings is 3. The van der Waals surface area contributed by atoms with Gasteiger partial charge in [0, 0.05) is 55.9 Å². The number of hydrogen-bond donors (Lipinski definition) is 0. The number of nitrogens with zero attached hydrogens (tertiary/aromatic N) is 3. The molecule has 0 bridgehead atoms. The minimum Gasteiger partial charge on any atom is -0.263 e. The zero-order valence-corrected chi connectivity index (χ0v) is 18.9. The lowest BCUT2D eigenvalue weighted by Gasteiger charge is -1.92. The van der Waals surface area contributed by atoms with Crippen molar-refractivity contribution < 1.29 is 25.3 Å². The Hall–Kier alpha value is -2.70. The number of rotatable bonds is 3. The summed E-state index contributed by atoms with van der Waals surface area (Å²) in [5.41, 5.74) is 0. The predicted octanol–water partition coefficient (Wildman–Crippen LogP) is 1.46. The van der Waals surface area contributed by atoms with Crippen molar-refractivity contribution >= 4 is 29.5 Å². The van der Waals surface area contributed by atoms with E-state index in [0.717, 1.165) is 18.8 Å². The summed E-state index contributed by atoms with van der Waals surface area (Å²) in [7, 11) is -9.20. The molecule has 162 valence electrons. The smallest absolute Gasteiger partial charge is 0.177 e. The first-order valence-electron chi connectivity index (χ1n) is 8.12. The van der Waals surface area contributed by atoms with Crippen LogP contribution in [0.15, 0.2) is 88.3 Å². The Bertz CT molecular complexity index is 1070. The molecule has 0 spiro atoms. The molecule has 0 radical (unpaired) electrons. The first-order chi connectivity index (χ1) is 13.8. The topological polar surface area (TPSA) is 141 Å². The lowest BCUT2D eigenvalue weighted by Crippen LogP contribution is -1.96. The SMILES string of the molecule is CS(=O)(=O)c1cccnc1.CS(=O)(=O)c1cccnc1.CS(=O)(=O)c1cccnc1. The fourth-order valence-corrected chi connectivity index (χ4v) is 3.43. The Labute approximate surface area is 176 Å². The molecule has 0 saturated carbocycles. The minimum absolute atomic E-state index is 0.259. The summed E-state index contributed by atoms with van der Waals surface area (Å²) < 4.78 is 64.8. The average Bonchev–Trinajstić information content (AvgIpc) is 2.69. The quantitative estimate of drug-likeness (QED) is 0.555. The summed E-state index contributed by atoms with van der Waals surface area (Å²) in [6.45, 7) is 0. The van der Waals surface area contributed by atoms with Crippen LogP contribution in [0.4, 0.5) is 0 Å². The maximum atomic E-state index is 10.8. The zero-order chi connectivity index (χ0) is 22.8. The highest BCUT2D eigenvalue weighted by molar-refractivity contribution is 7.91. The minimum atomic E-state index is -3.07. The van der Waals surface area contributed by atoms with E-state index >= 15 is 0 Å². The van der Waals surface area contributed by atoms with Crippen molar-refractivity contribution in [2.45, 2.75) is 14.7 Å². The molecule has 0 unspecified atom stereocenters. The van der Waals surface area contributed by atoms with E-state index in [9.17, 15) is 25.3 Å². The molecule has 3 aromatic rings. The maximum absolute atomic E-state index is 10.8. The third kappa shape index (κ3) is 9.67. The number of sulfone groups is 3. The highest BCUT2D eigenvalue weighted by Crippen LogP contribution is 2.05. The van der Waals surface area contributed by atoms with Crippen molar-refractivity contribution in [3.63, 3.8) is 0 Å². The maximum Gasteiger partial charge on any atom is 0.177 e. The van der Waals surface area contributed by atoms with Crippen LogP contribution < -0.4 is 0 Å². The van der Waals surface area contributed by atoms with E-state index in [-0.39, 0.29) is 14.7 Å². The molecule has 9 nitrogen and oxygen atoms in total. The molecule has 3 heterocycles. The van der Waals surface area contributed by atoms with Crippen LogP contribution in [0.25, 0.3) is 0 Å². The Morgan fingerprint density at radius 2 is 0.733 bits per heavy atom. The Morgan fingerprint density at radius 1 is 0.500 bits per heavy atom. The van der Waals surface area contributed by atoms with Crippen molar-refractivity contribution in [1.29, 1.82) is 0 Å². The lowest BCUT2D eigenvalue weighted by atomic mass is 10.5. The second-order valence-electron chi connectivity index (χ2n) is 5.88. The van der Waals surface area contributed by atoms with Crippen molar-refractivity contribution in [2.24, 2.45) is 0 Å². The van der Waals surface area contributed by atoms with E-state index in [2.05, 4.69) is 15.0 Å². The molecular weight excluding hydrogens is 450 g/mol. The average molecular weight is 472 g/mol. The first-order valence-corrected chi connectivity index (χ1v) is 13.8. The second kappa shape index (κ2) is 10.9. The molecular formula is C18H21N3O6S3. The van der Waals surface area contributed by atoms with Gasteiger partial charge < -0.3 is 0 Å². The summed E-state index contributed by atoms with van der Waals surface area (Å²) in [6, 6.07) is 9.33. The first kappa shape index (κ1) is 25.3. The Kier molecular flexibility index (Phi) is 9.21. The van der Waals surface area contributed by atoms with Gasteiger partial charge in [-0.2, -0.15) is 0 Å². The normalized spacial score (nSPS) is 11.3. The van der Waals surface area contributed by atoms with Gasteiger partial charge in [0.15, 0.2) is 29.5 Å². The van der Waals surface area contributed by atoms with Crippen LogP contribution in [0.5, 0.6) is 0 Å². The monoisotopic (exact) mass is 471 g/mol. The predicted molar refractivity (Wildman–Crippen MR) is 112 cm³/mol. The standard InChI is InChI=1S/3C6H7NO2S/c3*1-10(8,9)6-3-2-4-7-5-6/h3*2-5H,1H3. The van der Waals surface area contributed by atoms with Crippen molar-refractivity contribution in [3.05, 3.63) is 73.6 Å². The molecule has 0 aliphatic rings. The molecule has 0 atom stereocenters. The highest BCUT2D eigenvalue weighted by Gasteiger charge is 2.05. The Balaban J connectivity index is 0.000000225. The molecule has 0 saturated heterocycles. The molecule has 3 aromatic heterocycles. The van der Waals surface area contributed by atoms with Crippen LogP contribution in [0.1, 0.15) is 0 Å². The summed E-state index contributed by atoms with van der Waals surface area (Å²) in [5.74, 6) is 0. The van der Waals surface area contributed by atoms with Crippen LogP contribution in [0.3, 0.4) is 0 Å². The van der Waals surface area contributed by atoms with Gasteiger partial charge in [-0.25, -0.2) is 25.3 Å². The van der Waals surface area contributed by atoms with E-state index in [1.165, 1.54) is 55.4 Å². The van der Waals surface area contributed by atoms with Gasteiger partial charge in [0.25, 0.3) is 0 Å². The van der Waals surface area contributed by atoms with E-state index in [1.807, 2.05) is 0 Å². The van der Waals surface area contributed by atoms with E-state index in [0.29, 0.717) is 0 Å². The molecule has 3 rings (SSSR count). The molecule has 0 N–H and O–H groups in total. The molecule has 30 heavy (non-hydrogen) atoms. The summed E-state index contributed by atoms with van der Waals surface area (Å²) in [5, 5.41) is 0. The summed E-state index contributed by atoms with van der Waals surface area (Å²) in [6.07, 6.45) is 12.1. The summed E-state index contributed by atoms with van der Waals surface area (Å²) in [4.78, 5) is 11.8. The van der Waals surface area contributed by atoms with Crippen LogP contribution in [-0.2, 0) is 29.5 Å². The van der Waals surface area contributed by atoms with Crippen molar-refractivity contribution in [3.8, 4) is 0 Å². The summed E-state index contributed by atoms with van der Waals surface area (Å²) >= 11 is 0. The molecule has 0 fully saturated rings. The van der Waals surface area contributed by atoms with Gasteiger partial charge in [0.2, 0.25) is 0 Å². The van der Waals surface area contributed by atoms with Crippen LogP contribution >= 0.6 is 0 Å². The van der Waals surface area contributed by atoms with Gasteiger partial charge in [-0.3, -0.25) is 15.0 Å². The van der Waals surface area contributed by atoms with Gasteiger partial charge in [0.05, 0.1) is 14.7 Å². The van der Waals surface area contributed by atoms with Gasteiger partial charge in [-0.1, -0.05) is 0 Å². The third-order valence-corrected chi connectivity index (χ3v) is 6.48. The van der Waals surface area contributed by atoms with E-state index < -0.39 is 29.5 Å². The second-order valence-corrected chi connectivity index (χ2v) is 11.9. The molecule has 0 aliphatic carbocycles. The van der Waals surface area contributed by atoms with Crippen LogP contribution in [-0.4, -0.2) is 59.0 Å². The Morgan fingerprint density at radius 3 is 0.833 bits per heavy atom. The van der Waals surface area contributed by atoms with Crippen molar-refractivity contribution in [2.75, 3.05) is 18.8 Å². The molecule has 0 amide bonds. The molecule has 0 aromatic carbocycles. The third-order valence-electron chi connectivity index (χ3n) is 3.19. The van der Waals surface area contributed by atoms with Gasteiger partial charge >= 0.3 is 0 Å². The van der Waals surface area contributed by atoms with Gasteiger partial charge in [-0.05, 0) is 36.4 Å². The highest BCUT2D eigenvalue weighted by atomic mass is 32.2. The molecule has 0 aliphatic heterocycles. The number of aromatic nitrogens is 3. The van der Waals surface area contributed by atoms with Crippen molar-refractivity contribution in [1.82, 2.24) is 15.0 Å². The van der Waals surface area contributed by atoms with E-state index in [4.69, 9.17) is 0 Å². The van der Waals surface area contributed by atoms with Gasteiger partial charge in [-0.15, -0.1) is 0 Å². The largest absolute Gasteiger partial charge is 0.263 e. The fraction of sp³-hybridized carbons (Fsp3) is 0.167. The van der Waals surface area contributed by atoms with E-state index in [1.54, 1.807) is 18.2 Å². The molecule has 12 heteroatoms. The van der Waals surface area contributed by atoms with Crippen LogP contribution in [0, 0.1) is 0 Å². The fourth-order valence-electron chi connectivity index (χ4n) is 1.70. The van der Waals surface area contributed by atoms with Crippen LogP contribution in [0.2, 0.25) is 0 Å².